The number of fused-ring (bicyclic) bond motifs is 3. The van der Waals surface area contributed by atoms with Crippen molar-refractivity contribution in [2.24, 2.45) is 0 Å². The van der Waals surface area contributed by atoms with Gasteiger partial charge in [-0.3, -0.25) is 4.79 Å². The molecule has 0 unspecified atom stereocenters. The average molecular weight is 307 g/mol. The molecule has 1 aliphatic carbocycles. The fraction of sp³-hybridized carbons (Fsp3) is 0.500. The normalized spacial score (nSPS) is 13.7. The summed E-state index contributed by atoms with van der Waals surface area (Å²) in [7, 11) is 0. The maximum atomic E-state index is 11.7. The highest BCUT2D eigenvalue weighted by Crippen LogP contribution is 2.39. The Labute approximate surface area is 126 Å². The molecule has 0 saturated carbocycles. The minimum Gasteiger partial charge on any atom is -0.355 e. The Morgan fingerprint density at radius 3 is 3.20 bits per heavy atom. The van der Waals surface area contributed by atoms with Gasteiger partial charge < -0.3 is 5.32 Å². The first-order chi connectivity index (χ1) is 9.79. The van der Waals surface area contributed by atoms with Crippen molar-refractivity contribution >= 4 is 39.2 Å². The smallest absolute Gasteiger partial charge is 0.230 e. The highest BCUT2D eigenvalue weighted by Gasteiger charge is 2.21. The van der Waals surface area contributed by atoms with Gasteiger partial charge in [-0.1, -0.05) is 18.7 Å². The van der Waals surface area contributed by atoms with Crippen LogP contribution in [-0.2, 0) is 17.6 Å². The summed E-state index contributed by atoms with van der Waals surface area (Å²) in [6.07, 6.45) is 6.09. The zero-order chi connectivity index (χ0) is 13.9. The predicted molar refractivity (Wildman–Crippen MR) is 83.5 cm³/mol. The zero-order valence-corrected chi connectivity index (χ0v) is 13.1. The summed E-state index contributed by atoms with van der Waals surface area (Å²) >= 11 is 3.31. The Kier molecular flexibility index (Phi) is 4.21. The summed E-state index contributed by atoms with van der Waals surface area (Å²) in [5.74, 6) is 0.506. The maximum Gasteiger partial charge on any atom is 0.230 e. The fourth-order valence-corrected chi connectivity index (χ4v) is 4.61. The van der Waals surface area contributed by atoms with Crippen LogP contribution >= 0.6 is 23.1 Å². The lowest BCUT2D eigenvalue weighted by molar-refractivity contribution is -0.118. The number of aromatic nitrogens is 2. The van der Waals surface area contributed by atoms with E-state index in [2.05, 4.69) is 22.2 Å². The molecule has 3 rings (SSSR count). The molecular weight excluding hydrogens is 290 g/mol. The number of rotatable bonds is 5. The van der Waals surface area contributed by atoms with E-state index in [0.29, 0.717) is 5.75 Å². The van der Waals surface area contributed by atoms with Gasteiger partial charge in [-0.05, 0) is 31.2 Å². The number of hydrogen-bond donors (Lipinski definition) is 1. The number of hydrogen-bond acceptors (Lipinski definition) is 5. The van der Waals surface area contributed by atoms with Crippen LogP contribution in [0, 0.1) is 0 Å². The topological polar surface area (TPSA) is 54.9 Å². The third-order valence-electron chi connectivity index (χ3n) is 3.38. The first-order valence-corrected chi connectivity index (χ1v) is 8.74. The first-order valence-electron chi connectivity index (χ1n) is 6.94. The van der Waals surface area contributed by atoms with E-state index in [-0.39, 0.29) is 5.91 Å². The molecule has 1 N–H and O–H groups in total. The van der Waals surface area contributed by atoms with Crippen LogP contribution in [0.4, 0.5) is 0 Å². The molecule has 0 bridgehead atoms. The summed E-state index contributed by atoms with van der Waals surface area (Å²) in [5, 5.41) is 5.05. The third kappa shape index (κ3) is 2.67. The number of amides is 1. The Morgan fingerprint density at radius 1 is 1.45 bits per heavy atom. The van der Waals surface area contributed by atoms with Crippen LogP contribution in [0.1, 0.15) is 30.2 Å². The van der Waals surface area contributed by atoms with Crippen molar-refractivity contribution in [3.63, 3.8) is 0 Å². The van der Waals surface area contributed by atoms with E-state index in [9.17, 15) is 4.79 Å². The van der Waals surface area contributed by atoms with Crippen LogP contribution in [0.3, 0.4) is 0 Å². The van der Waals surface area contributed by atoms with E-state index < -0.39 is 0 Å². The molecule has 0 spiro atoms. The molecule has 4 nitrogen and oxygen atoms in total. The van der Waals surface area contributed by atoms with Gasteiger partial charge in [0.05, 0.1) is 5.75 Å². The molecule has 0 atom stereocenters. The number of aryl methyl sites for hydroxylation is 2. The summed E-state index contributed by atoms with van der Waals surface area (Å²) < 4.78 is 0. The van der Waals surface area contributed by atoms with Gasteiger partial charge >= 0.3 is 0 Å². The molecule has 2 heterocycles. The van der Waals surface area contributed by atoms with Crippen LogP contribution in [0.2, 0.25) is 0 Å². The van der Waals surface area contributed by atoms with Crippen molar-refractivity contribution in [1.82, 2.24) is 15.3 Å². The molecule has 1 aliphatic rings. The van der Waals surface area contributed by atoms with Gasteiger partial charge in [0.1, 0.15) is 16.2 Å². The van der Waals surface area contributed by atoms with Gasteiger partial charge in [-0.2, -0.15) is 0 Å². The molecule has 0 saturated heterocycles. The number of thiophene rings is 1. The van der Waals surface area contributed by atoms with Gasteiger partial charge in [0.25, 0.3) is 0 Å². The second-order valence-electron chi connectivity index (χ2n) is 4.85. The van der Waals surface area contributed by atoms with Crippen molar-refractivity contribution in [2.75, 3.05) is 12.3 Å². The lowest BCUT2D eigenvalue weighted by Gasteiger charge is -2.04. The van der Waals surface area contributed by atoms with Gasteiger partial charge in [0.2, 0.25) is 5.91 Å². The number of thioether (sulfide) groups is 1. The van der Waals surface area contributed by atoms with Gasteiger partial charge in [0, 0.05) is 16.8 Å². The Morgan fingerprint density at radius 2 is 2.35 bits per heavy atom. The lowest BCUT2D eigenvalue weighted by atomic mass is 10.2. The van der Waals surface area contributed by atoms with E-state index >= 15 is 0 Å². The highest BCUT2D eigenvalue weighted by atomic mass is 32.2. The van der Waals surface area contributed by atoms with Crippen molar-refractivity contribution in [2.45, 2.75) is 37.6 Å². The lowest BCUT2D eigenvalue weighted by Crippen LogP contribution is -2.25. The van der Waals surface area contributed by atoms with E-state index in [1.54, 1.807) is 17.7 Å². The molecule has 2 aromatic heterocycles. The molecule has 1 amide bonds. The van der Waals surface area contributed by atoms with Crippen molar-refractivity contribution in [1.29, 1.82) is 0 Å². The highest BCUT2D eigenvalue weighted by molar-refractivity contribution is 8.00. The Balaban J connectivity index is 1.79. The van der Waals surface area contributed by atoms with Gasteiger partial charge in [0.15, 0.2) is 0 Å². The molecule has 0 fully saturated rings. The van der Waals surface area contributed by atoms with Crippen molar-refractivity contribution < 1.29 is 4.79 Å². The molecule has 20 heavy (non-hydrogen) atoms. The Hall–Kier alpha value is -1.14. The minimum atomic E-state index is 0.0792. The molecule has 106 valence electrons. The SMILES string of the molecule is CCCNC(=O)CSc1ncnc2sc3c(c12)CCC3. The number of nitrogens with zero attached hydrogens (tertiary/aromatic N) is 2. The van der Waals surface area contributed by atoms with Gasteiger partial charge in [-0.25, -0.2) is 9.97 Å². The monoisotopic (exact) mass is 307 g/mol. The Bertz CT molecular complexity index is 639. The van der Waals surface area contributed by atoms with E-state index in [4.69, 9.17) is 0 Å². The molecule has 0 radical (unpaired) electrons. The summed E-state index contributed by atoms with van der Waals surface area (Å²) in [4.78, 5) is 23.0. The summed E-state index contributed by atoms with van der Waals surface area (Å²) in [6.45, 7) is 2.79. The van der Waals surface area contributed by atoms with Gasteiger partial charge in [-0.15, -0.1) is 11.3 Å². The van der Waals surface area contributed by atoms with Crippen molar-refractivity contribution in [3.8, 4) is 0 Å². The molecule has 6 heteroatoms. The summed E-state index contributed by atoms with van der Waals surface area (Å²) in [6, 6.07) is 0. The average Bonchev–Trinajstić information content (AvgIpc) is 3.03. The number of carbonyl (C=O) groups is 1. The molecule has 0 aliphatic heterocycles. The maximum absolute atomic E-state index is 11.7. The second-order valence-corrected chi connectivity index (χ2v) is 6.90. The minimum absolute atomic E-state index is 0.0792. The number of nitrogens with one attached hydrogen (secondary N) is 1. The second kappa shape index (κ2) is 6.10. The fourth-order valence-electron chi connectivity index (χ4n) is 2.46. The quantitative estimate of drug-likeness (QED) is 0.682. The molecule has 0 aromatic carbocycles. The number of carbonyl (C=O) groups excluding carboxylic acids is 1. The first kappa shape index (κ1) is 13.8. The largest absolute Gasteiger partial charge is 0.355 e. The van der Waals surface area contributed by atoms with Crippen molar-refractivity contribution in [3.05, 3.63) is 16.8 Å². The predicted octanol–water partition coefficient (Wildman–Crippen LogP) is 2.80. The van der Waals surface area contributed by atoms with E-state index in [0.717, 1.165) is 35.7 Å². The zero-order valence-electron chi connectivity index (χ0n) is 11.4. The van der Waals surface area contributed by atoms with Crippen LogP contribution in [0.15, 0.2) is 11.4 Å². The third-order valence-corrected chi connectivity index (χ3v) is 5.57. The molecular formula is C14H17N3OS2. The van der Waals surface area contributed by atoms with E-state index in [1.165, 1.54) is 34.0 Å². The van der Waals surface area contributed by atoms with Crippen LogP contribution in [0.25, 0.3) is 10.2 Å². The standard InChI is InChI=1S/C14H17N3OS2/c1-2-6-15-11(18)7-19-13-12-9-4-3-5-10(9)20-14(12)17-8-16-13/h8H,2-7H2,1H3,(H,15,18). The van der Waals surface area contributed by atoms with Crippen LogP contribution < -0.4 is 5.32 Å². The van der Waals surface area contributed by atoms with E-state index in [1.807, 2.05) is 0 Å². The summed E-state index contributed by atoms with van der Waals surface area (Å²) in [5.41, 5.74) is 1.42. The van der Waals surface area contributed by atoms with Crippen LogP contribution in [-0.4, -0.2) is 28.2 Å². The molecule has 2 aromatic rings. The van der Waals surface area contributed by atoms with Crippen LogP contribution in [0.5, 0.6) is 0 Å².